The van der Waals surface area contributed by atoms with Crippen LogP contribution in [0.4, 0.5) is 5.13 Å². The first-order valence-corrected chi connectivity index (χ1v) is 8.39. The summed E-state index contributed by atoms with van der Waals surface area (Å²) in [5.41, 5.74) is 2.55. The molecule has 2 saturated heterocycles. The number of nitrogens with zero attached hydrogens (tertiary/aromatic N) is 4. The van der Waals surface area contributed by atoms with Crippen LogP contribution in [0.1, 0.15) is 30.7 Å². The van der Waals surface area contributed by atoms with Gasteiger partial charge in [-0.05, 0) is 57.8 Å². The van der Waals surface area contributed by atoms with E-state index in [1.807, 2.05) is 0 Å². The Labute approximate surface area is 124 Å². The molecular weight excluding hydrogens is 272 g/mol. The van der Waals surface area contributed by atoms with Gasteiger partial charge in [-0.2, -0.15) is 0 Å². The fourth-order valence-electron chi connectivity index (χ4n) is 3.22. The molecule has 6 nitrogen and oxygen atoms in total. The van der Waals surface area contributed by atoms with Gasteiger partial charge in [0.1, 0.15) is 5.01 Å². The molecule has 3 heterocycles. The van der Waals surface area contributed by atoms with Crippen molar-refractivity contribution in [2.24, 2.45) is 11.8 Å². The molecule has 0 spiro atoms. The summed E-state index contributed by atoms with van der Waals surface area (Å²) in [6, 6.07) is 0. The fourth-order valence-corrected chi connectivity index (χ4v) is 3.92. The van der Waals surface area contributed by atoms with E-state index in [2.05, 4.69) is 25.4 Å². The minimum absolute atomic E-state index is 0.698. The molecule has 3 rings (SSSR count). The number of piperidine rings is 1. The van der Waals surface area contributed by atoms with Crippen molar-refractivity contribution in [1.82, 2.24) is 20.0 Å². The van der Waals surface area contributed by atoms with Crippen molar-refractivity contribution < 1.29 is 0 Å². The van der Waals surface area contributed by atoms with Crippen molar-refractivity contribution in [2.45, 2.75) is 32.2 Å². The van der Waals surface area contributed by atoms with Gasteiger partial charge in [-0.25, -0.2) is 5.84 Å². The number of anilines is 1. The SMILES string of the molecule is NNc1nnc(CN2CCC(CN3CCCC3)CC2)s1. The molecule has 1 aromatic rings. The first-order chi connectivity index (χ1) is 9.83. The second-order valence-corrected chi connectivity index (χ2v) is 6.93. The standard InChI is InChI=1S/C13H24N6S/c14-15-13-17-16-12(20-13)10-19-7-3-11(4-8-19)9-18-5-1-2-6-18/h11H,1-10,14H2,(H,15,17). The summed E-state index contributed by atoms with van der Waals surface area (Å²) in [6.45, 7) is 7.23. The molecule has 0 atom stereocenters. The zero-order valence-corrected chi connectivity index (χ0v) is 12.7. The number of nitrogen functional groups attached to an aromatic ring is 1. The van der Waals surface area contributed by atoms with E-state index in [1.54, 1.807) is 11.3 Å². The summed E-state index contributed by atoms with van der Waals surface area (Å²) in [6.07, 6.45) is 5.43. The molecule has 1 aromatic heterocycles. The first-order valence-electron chi connectivity index (χ1n) is 7.57. The number of rotatable bonds is 5. The lowest BCUT2D eigenvalue weighted by Crippen LogP contribution is -2.37. The molecule has 2 aliphatic rings. The van der Waals surface area contributed by atoms with Gasteiger partial charge in [0.05, 0.1) is 6.54 Å². The molecule has 0 amide bonds. The van der Waals surface area contributed by atoms with Crippen LogP contribution in [0.15, 0.2) is 0 Å². The molecule has 20 heavy (non-hydrogen) atoms. The number of hydrazine groups is 1. The molecule has 3 N–H and O–H groups in total. The topological polar surface area (TPSA) is 70.3 Å². The lowest BCUT2D eigenvalue weighted by Gasteiger charge is -2.33. The highest BCUT2D eigenvalue weighted by Crippen LogP contribution is 2.23. The predicted molar refractivity (Wildman–Crippen MR) is 81.4 cm³/mol. The van der Waals surface area contributed by atoms with E-state index >= 15 is 0 Å². The monoisotopic (exact) mass is 296 g/mol. The maximum atomic E-state index is 5.33. The predicted octanol–water partition coefficient (Wildman–Crippen LogP) is 1.13. The molecule has 2 aliphatic heterocycles. The van der Waals surface area contributed by atoms with E-state index in [9.17, 15) is 0 Å². The van der Waals surface area contributed by atoms with Crippen molar-refractivity contribution in [2.75, 3.05) is 38.1 Å². The second kappa shape index (κ2) is 6.80. The molecule has 7 heteroatoms. The summed E-state index contributed by atoms with van der Waals surface area (Å²) in [5, 5.41) is 9.89. The third-order valence-electron chi connectivity index (χ3n) is 4.37. The van der Waals surface area contributed by atoms with Crippen molar-refractivity contribution in [3.63, 3.8) is 0 Å². The Morgan fingerprint density at radius 3 is 2.50 bits per heavy atom. The van der Waals surface area contributed by atoms with Crippen LogP contribution >= 0.6 is 11.3 Å². The van der Waals surface area contributed by atoms with Crippen LogP contribution in [-0.4, -0.2) is 52.7 Å². The summed E-state index contributed by atoms with van der Waals surface area (Å²) < 4.78 is 0. The number of hydrogen-bond donors (Lipinski definition) is 2. The van der Waals surface area contributed by atoms with Gasteiger partial charge in [0, 0.05) is 6.54 Å². The lowest BCUT2D eigenvalue weighted by molar-refractivity contribution is 0.148. The first kappa shape index (κ1) is 14.2. The van der Waals surface area contributed by atoms with Gasteiger partial charge in [0.2, 0.25) is 5.13 Å². The molecule has 0 unspecified atom stereocenters. The molecular formula is C13H24N6S. The van der Waals surface area contributed by atoms with Crippen LogP contribution in [0.5, 0.6) is 0 Å². The summed E-state index contributed by atoms with van der Waals surface area (Å²) in [5.74, 6) is 6.22. The summed E-state index contributed by atoms with van der Waals surface area (Å²) in [4.78, 5) is 5.13. The van der Waals surface area contributed by atoms with Gasteiger partial charge >= 0.3 is 0 Å². The van der Waals surface area contributed by atoms with Crippen LogP contribution in [0.2, 0.25) is 0 Å². The van der Waals surface area contributed by atoms with Gasteiger partial charge < -0.3 is 4.90 Å². The minimum Gasteiger partial charge on any atom is -0.303 e. The average Bonchev–Trinajstić information content (AvgIpc) is 3.12. The second-order valence-electron chi connectivity index (χ2n) is 5.87. The van der Waals surface area contributed by atoms with Crippen molar-refractivity contribution in [3.05, 3.63) is 5.01 Å². The highest BCUT2D eigenvalue weighted by atomic mass is 32.1. The number of likely N-dealkylation sites (tertiary alicyclic amines) is 2. The van der Waals surface area contributed by atoms with Crippen molar-refractivity contribution >= 4 is 16.5 Å². The maximum Gasteiger partial charge on any atom is 0.219 e. The van der Waals surface area contributed by atoms with Crippen LogP contribution in [0.3, 0.4) is 0 Å². The Morgan fingerprint density at radius 1 is 1.10 bits per heavy atom. The Morgan fingerprint density at radius 2 is 1.85 bits per heavy atom. The number of hydrogen-bond acceptors (Lipinski definition) is 7. The number of nitrogens with one attached hydrogen (secondary N) is 1. The van der Waals surface area contributed by atoms with E-state index in [-0.39, 0.29) is 0 Å². The Bertz CT molecular complexity index is 409. The highest BCUT2D eigenvalue weighted by Gasteiger charge is 2.23. The molecule has 0 radical (unpaired) electrons. The Hall–Kier alpha value is -0.760. The maximum absolute atomic E-state index is 5.33. The number of aromatic nitrogens is 2. The van der Waals surface area contributed by atoms with Gasteiger partial charge in [-0.3, -0.25) is 10.3 Å². The molecule has 0 aliphatic carbocycles. The largest absolute Gasteiger partial charge is 0.303 e. The summed E-state index contributed by atoms with van der Waals surface area (Å²) >= 11 is 1.55. The van der Waals surface area contributed by atoms with E-state index in [0.717, 1.165) is 17.5 Å². The zero-order valence-electron chi connectivity index (χ0n) is 11.9. The Kier molecular flexibility index (Phi) is 4.82. The Balaban J connectivity index is 1.41. The molecule has 0 bridgehead atoms. The quantitative estimate of drug-likeness (QED) is 0.627. The van der Waals surface area contributed by atoms with Crippen LogP contribution in [0, 0.1) is 5.92 Å². The number of nitrogens with two attached hydrogens (primary N) is 1. The van der Waals surface area contributed by atoms with E-state index in [1.165, 1.54) is 58.4 Å². The molecule has 2 fully saturated rings. The third kappa shape index (κ3) is 3.66. The normalized spacial score (nSPS) is 22.4. The van der Waals surface area contributed by atoms with Crippen LogP contribution in [-0.2, 0) is 6.54 Å². The molecule has 0 saturated carbocycles. The zero-order chi connectivity index (χ0) is 13.8. The van der Waals surface area contributed by atoms with E-state index in [4.69, 9.17) is 5.84 Å². The van der Waals surface area contributed by atoms with Gasteiger partial charge in [-0.15, -0.1) is 10.2 Å². The van der Waals surface area contributed by atoms with E-state index < -0.39 is 0 Å². The lowest BCUT2D eigenvalue weighted by atomic mass is 9.96. The van der Waals surface area contributed by atoms with Crippen molar-refractivity contribution in [3.8, 4) is 0 Å². The molecule has 0 aromatic carbocycles. The van der Waals surface area contributed by atoms with Gasteiger partial charge in [-0.1, -0.05) is 11.3 Å². The fraction of sp³-hybridized carbons (Fsp3) is 0.846. The van der Waals surface area contributed by atoms with E-state index in [0.29, 0.717) is 5.13 Å². The minimum atomic E-state index is 0.698. The smallest absolute Gasteiger partial charge is 0.219 e. The average molecular weight is 296 g/mol. The van der Waals surface area contributed by atoms with Crippen LogP contribution < -0.4 is 11.3 Å². The third-order valence-corrected chi connectivity index (χ3v) is 5.21. The summed E-state index contributed by atoms with van der Waals surface area (Å²) in [7, 11) is 0. The highest BCUT2D eigenvalue weighted by molar-refractivity contribution is 7.15. The van der Waals surface area contributed by atoms with Crippen molar-refractivity contribution in [1.29, 1.82) is 0 Å². The molecule has 112 valence electrons. The van der Waals surface area contributed by atoms with Gasteiger partial charge in [0.25, 0.3) is 0 Å². The van der Waals surface area contributed by atoms with Gasteiger partial charge in [0.15, 0.2) is 0 Å². The van der Waals surface area contributed by atoms with Crippen LogP contribution in [0.25, 0.3) is 0 Å².